The molecule has 0 N–H and O–H groups in total. The second-order valence-electron chi connectivity index (χ2n) is 6.45. The predicted molar refractivity (Wildman–Crippen MR) is 113 cm³/mol. The Morgan fingerprint density at radius 2 is 1.66 bits per heavy atom. The molecule has 156 valence electrons. The first-order valence-electron chi connectivity index (χ1n) is 9.22. The number of ether oxygens (including phenoxy) is 2. The molecule has 1 amide bonds. The van der Waals surface area contributed by atoms with Crippen LogP contribution in [0.5, 0.6) is 11.5 Å². The van der Waals surface area contributed by atoms with Gasteiger partial charge in [0.05, 0.1) is 24.2 Å². The zero-order chi connectivity index (χ0) is 21.0. The summed E-state index contributed by atoms with van der Waals surface area (Å²) in [5, 5.41) is 0. The van der Waals surface area contributed by atoms with E-state index in [1.165, 1.54) is 4.31 Å². The van der Waals surface area contributed by atoms with E-state index in [1.54, 1.807) is 54.5 Å². The van der Waals surface area contributed by atoms with Gasteiger partial charge in [-0.05, 0) is 65.3 Å². The first kappa shape index (κ1) is 21.6. The van der Waals surface area contributed by atoms with E-state index in [-0.39, 0.29) is 23.9 Å². The van der Waals surface area contributed by atoms with E-state index >= 15 is 0 Å². The van der Waals surface area contributed by atoms with E-state index in [0.717, 1.165) is 0 Å². The van der Waals surface area contributed by atoms with Crippen LogP contribution < -0.4 is 9.47 Å². The SMILES string of the molecule is CCOc1ccc(S(=O)(=O)N2CCN(C(=O)c3cc(OC)ccc3Br)CC2)cc1. The van der Waals surface area contributed by atoms with Gasteiger partial charge in [0.1, 0.15) is 11.5 Å². The summed E-state index contributed by atoms with van der Waals surface area (Å²) in [6.45, 7) is 3.50. The van der Waals surface area contributed by atoms with Gasteiger partial charge in [0.2, 0.25) is 10.0 Å². The Kier molecular flexibility index (Phi) is 6.81. The van der Waals surface area contributed by atoms with Crippen molar-refractivity contribution in [2.45, 2.75) is 11.8 Å². The minimum Gasteiger partial charge on any atom is -0.497 e. The summed E-state index contributed by atoms with van der Waals surface area (Å²) in [7, 11) is -2.07. The molecule has 9 heteroatoms. The molecule has 0 aromatic heterocycles. The summed E-state index contributed by atoms with van der Waals surface area (Å²) in [5.41, 5.74) is 0.493. The Labute approximate surface area is 179 Å². The van der Waals surface area contributed by atoms with Crippen LogP contribution in [-0.4, -0.2) is 63.4 Å². The van der Waals surface area contributed by atoms with Gasteiger partial charge in [-0.25, -0.2) is 8.42 Å². The molecular formula is C20H23BrN2O5S. The fraction of sp³-hybridized carbons (Fsp3) is 0.350. The molecule has 0 radical (unpaired) electrons. The highest BCUT2D eigenvalue weighted by atomic mass is 79.9. The molecule has 1 heterocycles. The van der Waals surface area contributed by atoms with Crippen LogP contribution in [-0.2, 0) is 10.0 Å². The lowest BCUT2D eigenvalue weighted by molar-refractivity contribution is 0.0696. The molecule has 29 heavy (non-hydrogen) atoms. The number of hydrogen-bond donors (Lipinski definition) is 0. The zero-order valence-electron chi connectivity index (χ0n) is 16.3. The van der Waals surface area contributed by atoms with E-state index in [0.29, 0.717) is 41.2 Å². The second-order valence-corrected chi connectivity index (χ2v) is 9.24. The Morgan fingerprint density at radius 1 is 1.03 bits per heavy atom. The normalized spacial score (nSPS) is 15.2. The molecule has 2 aromatic rings. The number of rotatable bonds is 6. The van der Waals surface area contributed by atoms with Gasteiger partial charge in [-0.3, -0.25) is 4.79 Å². The number of benzene rings is 2. The van der Waals surface area contributed by atoms with Crippen LogP contribution in [0.4, 0.5) is 0 Å². The minimum atomic E-state index is -3.62. The number of hydrogen-bond acceptors (Lipinski definition) is 5. The topological polar surface area (TPSA) is 76.2 Å². The van der Waals surface area contributed by atoms with Crippen LogP contribution in [0.1, 0.15) is 17.3 Å². The fourth-order valence-corrected chi connectivity index (χ4v) is 4.96. The number of carbonyl (C=O) groups excluding carboxylic acids is 1. The summed E-state index contributed by atoms with van der Waals surface area (Å²) in [5.74, 6) is 1.06. The summed E-state index contributed by atoms with van der Waals surface area (Å²) < 4.78 is 38.4. The average Bonchev–Trinajstić information content (AvgIpc) is 2.74. The quantitative estimate of drug-likeness (QED) is 0.632. The summed E-state index contributed by atoms with van der Waals surface area (Å²) in [4.78, 5) is 14.7. The van der Waals surface area contributed by atoms with E-state index in [1.807, 2.05) is 6.92 Å². The monoisotopic (exact) mass is 482 g/mol. The summed E-state index contributed by atoms with van der Waals surface area (Å²) in [6, 6.07) is 11.6. The average molecular weight is 483 g/mol. The molecule has 7 nitrogen and oxygen atoms in total. The van der Waals surface area contributed by atoms with E-state index in [4.69, 9.17) is 9.47 Å². The minimum absolute atomic E-state index is 0.158. The third-order valence-corrected chi connectivity index (χ3v) is 7.31. The standard InChI is InChI=1S/C20H23BrN2O5S/c1-3-28-15-4-7-17(8-5-15)29(25,26)23-12-10-22(11-13-23)20(24)18-14-16(27-2)6-9-19(18)21/h4-9,14H,3,10-13H2,1-2H3. The molecular weight excluding hydrogens is 460 g/mol. The van der Waals surface area contributed by atoms with Gasteiger partial charge in [0.25, 0.3) is 5.91 Å². The van der Waals surface area contributed by atoms with Crippen molar-refractivity contribution < 1.29 is 22.7 Å². The fourth-order valence-electron chi connectivity index (χ4n) is 3.12. The molecule has 0 saturated carbocycles. The van der Waals surface area contributed by atoms with E-state index in [9.17, 15) is 13.2 Å². The highest BCUT2D eigenvalue weighted by Crippen LogP contribution is 2.25. The lowest BCUT2D eigenvalue weighted by Gasteiger charge is -2.34. The molecule has 0 spiro atoms. The molecule has 1 saturated heterocycles. The number of halogens is 1. The number of amides is 1. The van der Waals surface area contributed by atoms with Gasteiger partial charge < -0.3 is 14.4 Å². The highest BCUT2D eigenvalue weighted by Gasteiger charge is 2.31. The molecule has 1 aliphatic rings. The smallest absolute Gasteiger partial charge is 0.255 e. The zero-order valence-corrected chi connectivity index (χ0v) is 18.7. The highest BCUT2D eigenvalue weighted by molar-refractivity contribution is 9.10. The molecule has 0 unspecified atom stereocenters. The van der Waals surface area contributed by atoms with Gasteiger partial charge >= 0.3 is 0 Å². The van der Waals surface area contributed by atoms with Crippen LogP contribution in [0.3, 0.4) is 0 Å². The third kappa shape index (κ3) is 4.73. The number of nitrogens with zero attached hydrogens (tertiary/aromatic N) is 2. The maximum absolute atomic E-state index is 12.9. The molecule has 1 fully saturated rings. The van der Waals surface area contributed by atoms with Crippen LogP contribution in [0.2, 0.25) is 0 Å². The lowest BCUT2D eigenvalue weighted by Crippen LogP contribution is -2.50. The Bertz CT molecular complexity index is 971. The number of sulfonamides is 1. The van der Waals surface area contributed by atoms with Crippen LogP contribution in [0, 0.1) is 0 Å². The molecule has 0 bridgehead atoms. The molecule has 2 aromatic carbocycles. The number of carbonyl (C=O) groups is 1. The van der Waals surface area contributed by atoms with Gasteiger partial charge in [-0.1, -0.05) is 0 Å². The Hall–Kier alpha value is -2.10. The van der Waals surface area contributed by atoms with Crippen molar-refractivity contribution in [3.63, 3.8) is 0 Å². The maximum atomic E-state index is 12.9. The maximum Gasteiger partial charge on any atom is 0.255 e. The molecule has 3 rings (SSSR count). The number of piperazine rings is 1. The first-order chi connectivity index (χ1) is 13.9. The van der Waals surface area contributed by atoms with E-state index in [2.05, 4.69) is 15.9 Å². The van der Waals surface area contributed by atoms with Crippen LogP contribution in [0.15, 0.2) is 51.8 Å². The predicted octanol–water partition coefficient (Wildman–Crippen LogP) is 3.00. The van der Waals surface area contributed by atoms with Gasteiger partial charge in [-0.15, -0.1) is 0 Å². The van der Waals surface area contributed by atoms with Crippen LogP contribution in [0.25, 0.3) is 0 Å². The second kappa shape index (κ2) is 9.15. The molecule has 1 aliphatic heterocycles. The first-order valence-corrected chi connectivity index (χ1v) is 11.5. The van der Waals surface area contributed by atoms with Crippen molar-refractivity contribution in [2.75, 3.05) is 39.9 Å². The van der Waals surface area contributed by atoms with Crippen molar-refractivity contribution in [1.82, 2.24) is 9.21 Å². The summed E-state index contributed by atoms with van der Waals surface area (Å²) >= 11 is 3.40. The van der Waals surface area contributed by atoms with E-state index < -0.39 is 10.0 Å². The van der Waals surface area contributed by atoms with Crippen molar-refractivity contribution in [3.8, 4) is 11.5 Å². The molecule has 0 atom stereocenters. The van der Waals surface area contributed by atoms with Crippen LogP contribution >= 0.6 is 15.9 Å². The third-order valence-electron chi connectivity index (χ3n) is 4.70. The summed E-state index contributed by atoms with van der Waals surface area (Å²) in [6.07, 6.45) is 0. The van der Waals surface area contributed by atoms with Crippen molar-refractivity contribution in [1.29, 1.82) is 0 Å². The largest absolute Gasteiger partial charge is 0.497 e. The van der Waals surface area contributed by atoms with Crippen molar-refractivity contribution in [3.05, 3.63) is 52.5 Å². The lowest BCUT2D eigenvalue weighted by atomic mass is 10.1. The number of methoxy groups -OCH3 is 1. The van der Waals surface area contributed by atoms with Gasteiger partial charge in [-0.2, -0.15) is 4.31 Å². The Balaban J connectivity index is 1.69. The Morgan fingerprint density at radius 3 is 2.24 bits per heavy atom. The van der Waals surface area contributed by atoms with Gasteiger partial charge in [0, 0.05) is 30.7 Å². The van der Waals surface area contributed by atoms with Crippen molar-refractivity contribution in [2.24, 2.45) is 0 Å². The van der Waals surface area contributed by atoms with Crippen molar-refractivity contribution >= 4 is 31.9 Å². The van der Waals surface area contributed by atoms with Gasteiger partial charge in [0.15, 0.2) is 0 Å². The molecule has 0 aliphatic carbocycles.